The second-order valence-corrected chi connectivity index (χ2v) is 51.7. The van der Waals surface area contributed by atoms with Crippen molar-refractivity contribution in [1.29, 1.82) is 0 Å². The van der Waals surface area contributed by atoms with Crippen molar-refractivity contribution in [1.82, 2.24) is 0 Å². The van der Waals surface area contributed by atoms with Crippen LogP contribution in [0.5, 0.6) is 0 Å². The van der Waals surface area contributed by atoms with Crippen LogP contribution in [0.2, 0.25) is 36.3 Å². The molecule has 6 fully saturated rings. The molecule has 0 heterocycles. The Morgan fingerprint density at radius 3 is 1.37 bits per heavy atom. The van der Waals surface area contributed by atoms with Crippen molar-refractivity contribution in [3.63, 3.8) is 0 Å². The Bertz CT molecular complexity index is 3870. The number of aliphatic hydroxyl groups is 6. The number of allylic oxidation sites excluding steroid dienone is 4. The van der Waals surface area contributed by atoms with Gasteiger partial charge < -0.3 is 44.1 Å². The minimum atomic E-state index is -6.01. The maximum atomic E-state index is 14.7. The van der Waals surface area contributed by atoms with Crippen molar-refractivity contribution in [2.75, 3.05) is 6.16 Å². The number of hydrogen-bond acceptors (Lipinski definition) is 10. The average Bonchev–Trinajstić information content (AvgIpc) is 1.59. The monoisotopic (exact) mass is 1690 g/mol. The summed E-state index contributed by atoms with van der Waals surface area (Å²) in [6.07, 6.45) is -7.27. The van der Waals surface area contributed by atoms with Crippen molar-refractivity contribution >= 4 is 40.2 Å². The second-order valence-electron chi connectivity index (χ2n) is 39.3. The Hall–Kier alpha value is -4.57. The summed E-state index contributed by atoms with van der Waals surface area (Å²) in [5, 5.41) is 61.7. The molecule has 0 aliphatic heterocycles. The number of alkyl halides is 12. The van der Waals surface area contributed by atoms with E-state index in [9.17, 15) is 92.7 Å². The van der Waals surface area contributed by atoms with E-state index in [0.717, 1.165) is 84.1 Å². The lowest BCUT2D eigenvalue weighted by molar-refractivity contribution is -0.344. The molecule has 0 saturated heterocycles. The highest BCUT2D eigenvalue weighted by Crippen LogP contribution is 2.65. The molecular formula is C90H131F12O10PSi2. The van der Waals surface area contributed by atoms with Crippen molar-refractivity contribution < 1.29 is 102 Å². The van der Waals surface area contributed by atoms with E-state index in [-0.39, 0.29) is 76.4 Å². The molecule has 7 unspecified atom stereocenters. The molecule has 0 spiro atoms. The van der Waals surface area contributed by atoms with Gasteiger partial charge in [0.05, 0.1) is 35.6 Å². The minimum Gasteiger partial charge on any atom is -0.413 e. The van der Waals surface area contributed by atoms with Crippen molar-refractivity contribution in [3.05, 3.63) is 120 Å². The van der Waals surface area contributed by atoms with E-state index in [2.05, 4.69) is 99.8 Å². The molecule has 12 atom stereocenters. The maximum Gasteiger partial charge on any atom is 0.438 e. The molecule has 6 N–H and O–H groups in total. The fourth-order valence-corrected chi connectivity index (χ4v) is 23.6. The zero-order valence-corrected chi connectivity index (χ0v) is 74.0. The first-order valence-corrected chi connectivity index (χ1v) is 48.5. The molecule has 0 amide bonds. The Morgan fingerprint density at radius 2 is 0.948 bits per heavy atom. The van der Waals surface area contributed by atoms with Crippen LogP contribution >= 0.6 is 7.14 Å². The average molecular weight is 1690 g/mol. The molecule has 0 aromatic heterocycles. The summed E-state index contributed by atoms with van der Waals surface area (Å²) >= 11 is 0. The van der Waals surface area contributed by atoms with E-state index in [1.807, 2.05) is 92.6 Å². The number of hydrogen-bond donors (Lipinski definition) is 6. The zero-order valence-electron chi connectivity index (χ0n) is 71.1. The van der Waals surface area contributed by atoms with Gasteiger partial charge in [0.15, 0.2) is 16.6 Å². The van der Waals surface area contributed by atoms with Crippen LogP contribution in [0, 0.1) is 69.0 Å². The van der Waals surface area contributed by atoms with Crippen LogP contribution in [0.15, 0.2) is 120 Å². The van der Waals surface area contributed by atoms with Crippen LogP contribution in [0.3, 0.4) is 0 Å². The lowest BCUT2D eigenvalue weighted by Crippen LogP contribution is -2.55. The fraction of sp³-hybridized carbons (Fsp3) is 0.700. The van der Waals surface area contributed by atoms with Crippen molar-refractivity contribution in [2.24, 2.45) is 45.3 Å². The number of carbonyl (C=O) groups is 1. The third kappa shape index (κ3) is 23.8. The van der Waals surface area contributed by atoms with Crippen molar-refractivity contribution in [3.8, 4) is 23.7 Å². The van der Waals surface area contributed by atoms with Gasteiger partial charge in [-0.15, -0.1) is 0 Å². The predicted octanol–water partition coefficient (Wildman–Crippen LogP) is 22.4. The topological polar surface area (TPSA) is 174 Å². The first kappa shape index (κ1) is 99.3. The molecule has 0 bridgehead atoms. The molecule has 8 rings (SSSR count). The fourth-order valence-electron chi connectivity index (χ4n) is 18.4. The van der Waals surface area contributed by atoms with Crippen LogP contribution in [-0.4, -0.2) is 131 Å². The molecule has 2 aromatic rings. The summed E-state index contributed by atoms with van der Waals surface area (Å²) in [6, 6.07) is 19.8. The van der Waals surface area contributed by atoms with Crippen LogP contribution in [-0.2, 0) is 18.2 Å². The maximum absolute atomic E-state index is 14.7. The SMILES string of the molecule is C=C1/C(=C\C=C2/CCC[C@@]3(C)C2CCC3C(C)(CC#CC(O)(C(F)(F)F)C(F)(F)F)CCCC(C)(C)O)C[C@@H](O)C[C@@H]1O.C=C1/C(=C\CP(=O)(c2ccccc2)c2ccccc2)CC(O[Si](C)(C)C(C)(C)C)C[C@@H]1O[Si](C)(C)C(C)(C)C.CC(C)(O)CCCC(C)(CC#CC(O)(C(F)(F)F)C(F)(F)F)C1CCC2C(=O)CCC[C@@]21C. The highest BCUT2D eigenvalue weighted by molar-refractivity contribution is 7.78. The zero-order chi connectivity index (χ0) is 87.4. The van der Waals surface area contributed by atoms with E-state index in [1.165, 1.54) is 5.57 Å². The number of benzene rings is 2. The molecule has 6 aliphatic rings. The highest BCUT2D eigenvalue weighted by atomic mass is 31.2. The lowest BCUT2D eigenvalue weighted by Gasteiger charge is -2.49. The van der Waals surface area contributed by atoms with E-state index < -0.39 is 99.3 Å². The second kappa shape index (κ2) is 36.6. The number of halogens is 12. The van der Waals surface area contributed by atoms with E-state index in [0.29, 0.717) is 88.8 Å². The van der Waals surface area contributed by atoms with Gasteiger partial charge in [0.2, 0.25) is 0 Å². The number of carbonyl (C=O) groups excluding carboxylic acids is 1. The molecule has 10 nitrogen and oxygen atoms in total. The van der Waals surface area contributed by atoms with Gasteiger partial charge in [-0.05, 0) is 234 Å². The van der Waals surface area contributed by atoms with Gasteiger partial charge in [0, 0.05) is 54.8 Å². The standard InChI is InChI=1S/C33H46F6O4.C33H51O3PSi2.C24H34F6O3/c1-21-23(19-24(40)20-26(21)41)11-10-22-9-6-17-30(5)25(22)12-13-27(30)29(4,15-7-14-28(2,3)42)16-8-18-31(43,32(34,35)36)33(37,38)39;1-26-27(22-23-37(34,29-18-14-12-15-19-29)30-20-16-13-17-21-30)24-28(35-38(8,9)32(2,3)4)25-31(26)36-39(10,11)33(5,6)7;1-19(2,32)11-6-12-20(3,13-7-15-22(33,23(25,26)27)24(28,29)30)18-10-9-16-17(31)8-5-14-21(16,18)4/h10-11,24-27,40-43H,1,6-7,9,12-17,19-20H2,2-5H3;12-22,28,31H,1,23-25H2,2-11H3;16,18,32-33H,5-6,8-14H2,1-4H3/b22-10+,23-11-;27-22-;/t24-,25?,26+,27?,29?,30+;28?,31-;16?,18?,20?,21-/m100/s1. The Labute approximate surface area is 679 Å². The van der Waals surface area contributed by atoms with E-state index in [1.54, 1.807) is 34.6 Å². The summed E-state index contributed by atoms with van der Waals surface area (Å²) in [7, 11) is -6.90. The third-order valence-corrected chi connectivity index (χ3v) is 39.2. The number of fused-ring (bicyclic) bond motifs is 2. The third-order valence-electron chi connectivity index (χ3n) is 27.2. The van der Waals surface area contributed by atoms with Gasteiger partial charge in [-0.25, -0.2) is 0 Å². The number of rotatable bonds is 21. The number of aliphatic hydroxyl groups excluding tert-OH is 2. The summed E-state index contributed by atoms with van der Waals surface area (Å²) in [5.41, 5.74) is -9.68. The van der Waals surface area contributed by atoms with Crippen LogP contribution in [0.4, 0.5) is 52.7 Å². The summed E-state index contributed by atoms with van der Waals surface area (Å²) in [5.74, 6) is 6.36. The van der Waals surface area contributed by atoms with Crippen LogP contribution < -0.4 is 10.6 Å². The van der Waals surface area contributed by atoms with Gasteiger partial charge in [0.25, 0.3) is 0 Å². The summed E-state index contributed by atoms with van der Waals surface area (Å²) in [6.45, 7) is 45.8. The van der Waals surface area contributed by atoms with Gasteiger partial charge in [0.1, 0.15) is 12.9 Å². The molecular weight excluding hydrogens is 1560 g/mol. The molecule has 25 heteroatoms. The molecule has 6 saturated carbocycles. The lowest BCUT2D eigenvalue weighted by atomic mass is 9.55. The molecule has 115 heavy (non-hydrogen) atoms. The Kier molecular flexibility index (Phi) is 31.6. The van der Waals surface area contributed by atoms with Crippen molar-refractivity contribution in [2.45, 2.75) is 346 Å². The van der Waals surface area contributed by atoms with Crippen LogP contribution in [0.1, 0.15) is 238 Å². The smallest absolute Gasteiger partial charge is 0.413 e. The molecule has 0 radical (unpaired) electrons. The molecule has 648 valence electrons. The molecule has 2 aromatic carbocycles. The van der Waals surface area contributed by atoms with Crippen LogP contribution in [0.25, 0.3) is 0 Å². The number of ketones is 1. The largest absolute Gasteiger partial charge is 0.438 e. The predicted molar refractivity (Wildman–Crippen MR) is 439 cm³/mol. The summed E-state index contributed by atoms with van der Waals surface area (Å²) < 4.78 is 187. The van der Waals surface area contributed by atoms with Gasteiger partial charge in [-0.1, -0.05) is 192 Å². The van der Waals surface area contributed by atoms with Gasteiger partial charge in [-0.2, -0.15) is 52.7 Å². The Morgan fingerprint density at radius 1 is 0.539 bits per heavy atom. The minimum absolute atomic E-state index is 0.0604. The van der Waals surface area contributed by atoms with E-state index in [4.69, 9.17) is 8.85 Å². The normalized spacial score (nSPS) is 27.4. The first-order valence-electron chi connectivity index (χ1n) is 40.8. The molecule has 6 aliphatic carbocycles. The first-order chi connectivity index (χ1) is 52.2. The van der Waals surface area contributed by atoms with Gasteiger partial charge >= 0.3 is 35.9 Å². The van der Waals surface area contributed by atoms with E-state index >= 15 is 0 Å². The quantitative estimate of drug-likeness (QED) is 0.0306. The Balaban J connectivity index is 0.000000271. The number of Topliss-reactive ketones (excluding diaryl/α,β-unsaturated/α-hetero) is 1. The summed E-state index contributed by atoms with van der Waals surface area (Å²) in [4.78, 5) is 12.5. The van der Waals surface area contributed by atoms with Gasteiger partial charge in [-0.3, -0.25) is 4.79 Å². The highest BCUT2D eigenvalue weighted by Gasteiger charge is 2.72.